The van der Waals surface area contributed by atoms with Crippen molar-refractivity contribution in [1.82, 2.24) is 0 Å². The number of benzene rings is 1. The smallest absolute Gasteiger partial charge is 0.302 e. The molecule has 0 fully saturated rings. The standard InChI is InChI=1S/C7H8F2NP/c1-10(11(8)9)7-5-3-2-4-6-7/h2-6H,1H3. The second kappa shape index (κ2) is 3.63. The Kier molecular flexibility index (Phi) is 2.77. The van der Waals surface area contributed by atoms with Gasteiger partial charge in [-0.1, -0.05) is 18.2 Å². The summed E-state index contributed by atoms with van der Waals surface area (Å²) in [6.45, 7) is 0. The molecule has 60 valence electrons. The maximum atomic E-state index is 12.1. The van der Waals surface area contributed by atoms with Gasteiger partial charge in [0.25, 0.3) is 0 Å². The molecule has 0 aliphatic rings. The van der Waals surface area contributed by atoms with Crippen molar-refractivity contribution < 1.29 is 8.39 Å². The summed E-state index contributed by atoms with van der Waals surface area (Å²) < 4.78 is 25.2. The second-order valence-corrected chi connectivity index (χ2v) is 3.10. The normalized spacial score (nSPS) is 10.2. The Labute approximate surface area is 65.7 Å². The highest BCUT2D eigenvalue weighted by atomic mass is 31.2. The summed E-state index contributed by atoms with van der Waals surface area (Å²) in [5.41, 5.74) is 0.559. The first-order valence-corrected chi connectivity index (χ1v) is 4.20. The Bertz CT molecular complexity index is 215. The third-order valence-corrected chi connectivity index (χ3v) is 2.04. The van der Waals surface area contributed by atoms with Crippen LogP contribution in [0.25, 0.3) is 0 Å². The average Bonchev–Trinajstić information content (AvgIpc) is 2.05. The molecule has 0 aliphatic heterocycles. The van der Waals surface area contributed by atoms with Gasteiger partial charge in [-0.25, -0.2) is 0 Å². The third-order valence-electron chi connectivity index (χ3n) is 1.36. The fourth-order valence-electron chi connectivity index (χ4n) is 0.731. The highest BCUT2D eigenvalue weighted by molar-refractivity contribution is 7.48. The summed E-state index contributed by atoms with van der Waals surface area (Å²) in [6, 6.07) is 8.61. The summed E-state index contributed by atoms with van der Waals surface area (Å²) in [5, 5.41) is 0. The molecule has 1 nitrogen and oxygen atoms in total. The van der Waals surface area contributed by atoms with E-state index in [1.807, 2.05) is 0 Å². The van der Waals surface area contributed by atoms with E-state index in [-0.39, 0.29) is 0 Å². The van der Waals surface area contributed by atoms with Crippen molar-refractivity contribution in [1.29, 1.82) is 0 Å². The lowest BCUT2D eigenvalue weighted by Crippen LogP contribution is -2.04. The van der Waals surface area contributed by atoms with Crippen molar-refractivity contribution in [2.45, 2.75) is 0 Å². The van der Waals surface area contributed by atoms with E-state index in [9.17, 15) is 8.39 Å². The van der Waals surface area contributed by atoms with Gasteiger partial charge in [0.2, 0.25) is 0 Å². The van der Waals surface area contributed by atoms with Gasteiger partial charge in [0.05, 0.1) is 0 Å². The number of hydrogen-bond donors (Lipinski definition) is 0. The van der Waals surface area contributed by atoms with Gasteiger partial charge in [-0.2, -0.15) is 8.39 Å². The number of para-hydroxylation sites is 1. The summed E-state index contributed by atoms with van der Waals surface area (Å²) >= 11 is 0. The molecule has 0 spiro atoms. The molecule has 0 unspecified atom stereocenters. The summed E-state index contributed by atoms with van der Waals surface area (Å²) in [6.07, 6.45) is 0. The van der Waals surface area contributed by atoms with Gasteiger partial charge in [-0.05, 0) is 12.1 Å². The van der Waals surface area contributed by atoms with Gasteiger partial charge in [0, 0.05) is 12.7 Å². The van der Waals surface area contributed by atoms with Crippen LogP contribution in [0.2, 0.25) is 0 Å². The van der Waals surface area contributed by atoms with Crippen molar-refractivity contribution in [3.05, 3.63) is 30.3 Å². The van der Waals surface area contributed by atoms with E-state index in [1.54, 1.807) is 30.3 Å². The molecule has 0 saturated heterocycles. The molecule has 0 bridgehead atoms. The molecule has 1 aromatic carbocycles. The Hall–Kier alpha value is -0.690. The van der Waals surface area contributed by atoms with Crippen LogP contribution < -0.4 is 4.67 Å². The summed E-state index contributed by atoms with van der Waals surface area (Å²) in [4.78, 5) is 0. The molecule has 11 heavy (non-hydrogen) atoms. The van der Waals surface area contributed by atoms with Crippen LogP contribution in [0.4, 0.5) is 14.1 Å². The van der Waals surface area contributed by atoms with Crippen molar-refractivity contribution in [3.8, 4) is 0 Å². The zero-order valence-corrected chi connectivity index (χ0v) is 6.93. The molecule has 1 aromatic rings. The van der Waals surface area contributed by atoms with E-state index in [2.05, 4.69) is 0 Å². The fraction of sp³-hybridized carbons (Fsp3) is 0.143. The number of rotatable bonds is 2. The predicted molar refractivity (Wildman–Crippen MR) is 44.0 cm³/mol. The maximum absolute atomic E-state index is 12.1. The zero-order valence-electron chi connectivity index (χ0n) is 6.04. The van der Waals surface area contributed by atoms with Crippen molar-refractivity contribution in [2.75, 3.05) is 11.7 Å². The topological polar surface area (TPSA) is 3.24 Å². The van der Waals surface area contributed by atoms with Crippen LogP contribution in [-0.2, 0) is 0 Å². The third kappa shape index (κ3) is 2.12. The van der Waals surface area contributed by atoms with Crippen LogP contribution in [0.15, 0.2) is 30.3 Å². The van der Waals surface area contributed by atoms with E-state index in [0.29, 0.717) is 5.69 Å². The first kappa shape index (κ1) is 8.41. The van der Waals surface area contributed by atoms with Crippen molar-refractivity contribution >= 4 is 14.4 Å². The lowest BCUT2D eigenvalue weighted by atomic mass is 10.3. The van der Waals surface area contributed by atoms with Gasteiger partial charge in [0.1, 0.15) is 0 Å². The first-order valence-electron chi connectivity index (χ1n) is 3.12. The highest BCUT2D eigenvalue weighted by Gasteiger charge is 2.12. The average molecular weight is 175 g/mol. The SMILES string of the molecule is CN(c1ccccc1)P(F)F. The fourth-order valence-corrected chi connectivity index (χ4v) is 1.04. The summed E-state index contributed by atoms with van der Waals surface area (Å²) in [5.74, 6) is 0. The highest BCUT2D eigenvalue weighted by Crippen LogP contribution is 2.44. The minimum absolute atomic E-state index is 0.559. The van der Waals surface area contributed by atoms with Crippen molar-refractivity contribution in [2.24, 2.45) is 0 Å². The molecule has 0 radical (unpaired) electrons. The molecule has 0 atom stereocenters. The molecule has 0 N–H and O–H groups in total. The lowest BCUT2D eigenvalue weighted by molar-refractivity contribution is 0.737. The van der Waals surface area contributed by atoms with Crippen LogP contribution in [-0.4, -0.2) is 7.05 Å². The molecular weight excluding hydrogens is 167 g/mol. The minimum atomic E-state index is -3.00. The van der Waals surface area contributed by atoms with Gasteiger partial charge in [-0.3, -0.25) is 0 Å². The van der Waals surface area contributed by atoms with Crippen LogP contribution in [0.1, 0.15) is 0 Å². The van der Waals surface area contributed by atoms with E-state index >= 15 is 0 Å². The molecule has 1 rings (SSSR count). The largest absolute Gasteiger partial charge is 0.373 e. The van der Waals surface area contributed by atoms with Gasteiger partial charge >= 0.3 is 8.69 Å². The Morgan fingerprint density at radius 3 is 2.18 bits per heavy atom. The van der Waals surface area contributed by atoms with Gasteiger partial charge in [-0.15, -0.1) is 0 Å². The number of anilines is 1. The quantitative estimate of drug-likeness (QED) is 0.623. The van der Waals surface area contributed by atoms with E-state index in [1.165, 1.54) is 7.05 Å². The van der Waals surface area contributed by atoms with E-state index in [4.69, 9.17) is 0 Å². The maximum Gasteiger partial charge on any atom is 0.373 e. The molecule has 4 heteroatoms. The molecule has 0 aromatic heterocycles. The number of nitrogens with zero attached hydrogens (tertiary/aromatic N) is 1. The molecule has 0 heterocycles. The summed E-state index contributed by atoms with van der Waals surface area (Å²) in [7, 11) is -1.61. The van der Waals surface area contributed by atoms with Crippen LogP contribution in [0, 0.1) is 0 Å². The van der Waals surface area contributed by atoms with Crippen LogP contribution in [0.3, 0.4) is 0 Å². The predicted octanol–water partition coefficient (Wildman–Crippen LogP) is 3.29. The van der Waals surface area contributed by atoms with Crippen LogP contribution >= 0.6 is 8.69 Å². The molecule has 0 aliphatic carbocycles. The second-order valence-electron chi connectivity index (χ2n) is 2.07. The molecule has 0 saturated carbocycles. The zero-order chi connectivity index (χ0) is 8.27. The van der Waals surface area contributed by atoms with E-state index in [0.717, 1.165) is 4.67 Å². The Morgan fingerprint density at radius 2 is 1.73 bits per heavy atom. The Balaban J connectivity index is 2.77. The van der Waals surface area contributed by atoms with Crippen molar-refractivity contribution in [3.63, 3.8) is 0 Å². The van der Waals surface area contributed by atoms with Gasteiger partial charge in [0.15, 0.2) is 0 Å². The number of halogens is 2. The minimum Gasteiger partial charge on any atom is -0.302 e. The monoisotopic (exact) mass is 175 g/mol. The number of hydrogen-bond acceptors (Lipinski definition) is 1. The lowest BCUT2D eigenvalue weighted by Gasteiger charge is -2.15. The Morgan fingerprint density at radius 1 is 1.18 bits per heavy atom. The van der Waals surface area contributed by atoms with Crippen LogP contribution in [0.5, 0.6) is 0 Å². The molecule has 0 amide bonds. The van der Waals surface area contributed by atoms with Gasteiger partial charge < -0.3 is 4.67 Å². The first-order chi connectivity index (χ1) is 5.22. The molecular formula is C7H8F2NP. The van der Waals surface area contributed by atoms with E-state index < -0.39 is 8.69 Å².